The van der Waals surface area contributed by atoms with Gasteiger partial charge in [-0.05, 0) is 75.8 Å². The molecule has 7 rings (SSSR count). The lowest BCUT2D eigenvalue weighted by molar-refractivity contribution is 0.441. The Morgan fingerprint density at radius 2 is 1.27 bits per heavy atom. The van der Waals surface area contributed by atoms with Gasteiger partial charge in [-0.15, -0.1) is 0 Å². The van der Waals surface area contributed by atoms with Gasteiger partial charge in [-0.3, -0.25) is 9.55 Å². The van der Waals surface area contributed by atoms with E-state index in [9.17, 15) is 5.11 Å². The maximum Gasteiger partial charge on any atom is 0.168 e. The fourth-order valence-corrected chi connectivity index (χ4v) is 7.75. The maximum atomic E-state index is 12.0. The molecule has 4 aromatic carbocycles. The van der Waals surface area contributed by atoms with Gasteiger partial charge in [0.25, 0.3) is 0 Å². The van der Waals surface area contributed by atoms with Crippen LogP contribution in [0.15, 0.2) is 121 Å². The minimum absolute atomic E-state index is 0.163. The van der Waals surface area contributed by atoms with Crippen molar-refractivity contribution in [2.24, 2.45) is 0 Å². The SMILES string of the molecule is CC(C)(C)c1cc(C(C)(C)C)c(O)c(-c2nc3c(-c4cc(-c5ccccc5)cc(-c5ccc([Si](C)(C)C)cn5)c4)cccc3n2-c2ccccc2)n1. The lowest BCUT2D eigenvalue weighted by Gasteiger charge is -2.26. The normalized spacial score (nSPS) is 12.4. The molecule has 0 atom stereocenters. The maximum absolute atomic E-state index is 12.0. The Morgan fingerprint density at radius 1 is 0.615 bits per heavy atom. The standard InChI is InChI=1S/C46H48N4OSi/c1-45(2,3)37-28-40(46(4,5)6)48-42(43(37)51)44-49-41-36(21-16-22-39(41)50(44)34-19-14-11-15-20-34)32-25-31(30-17-12-10-13-18-30)26-33(27-32)38-24-23-35(29-47-38)52(7,8)9/h10-29,51H,1-9H3. The zero-order valence-corrected chi connectivity index (χ0v) is 32.8. The van der Waals surface area contributed by atoms with Crippen LogP contribution >= 0.6 is 0 Å². The fraction of sp³-hybridized carbons (Fsp3) is 0.239. The third-order valence-corrected chi connectivity index (χ3v) is 11.8. The molecule has 262 valence electrons. The summed E-state index contributed by atoms with van der Waals surface area (Å²) in [6, 6.07) is 40.3. The molecule has 3 heterocycles. The smallest absolute Gasteiger partial charge is 0.168 e. The van der Waals surface area contributed by atoms with E-state index in [1.54, 1.807) is 0 Å². The van der Waals surface area contributed by atoms with E-state index >= 15 is 0 Å². The van der Waals surface area contributed by atoms with E-state index in [4.69, 9.17) is 15.0 Å². The highest BCUT2D eigenvalue weighted by molar-refractivity contribution is 6.88. The van der Waals surface area contributed by atoms with Gasteiger partial charge in [0.1, 0.15) is 11.4 Å². The molecule has 0 amide bonds. The molecule has 0 aliphatic heterocycles. The van der Waals surface area contributed by atoms with Crippen molar-refractivity contribution in [3.05, 3.63) is 133 Å². The monoisotopic (exact) mass is 700 g/mol. The summed E-state index contributed by atoms with van der Waals surface area (Å²) in [6.07, 6.45) is 2.06. The third-order valence-electron chi connectivity index (χ3n) is 9.76. The van der Waals surface area contributed by atoms with E-state index in [1.807, 2.05) is 24.3 Å². The number of hydrogen-bond donors (Lipinski definition) is 1. The first-order valence-corrected chi connectivity index (χ1v) is 21.6. The third kappa shape index (κ3) is 6.71. The number of imidazole rings is 1. The van der Waals surface area contributed by atoms with Crippen LogP contribution in [-0.2, 0) is 10.8 Å². The molecule has 7 aromatic rings. The van der Waals surface area contributed by atoms with Gasteiger partial charge in [-0.2, -0.15) is 0 Å². The van der Waals surface area contributed by atoms with Crippen molar-refractivity contribution in [3.8, 4) is 56.5 Å². The fourth-order valence-electron chi connectivity index (χ4n) is 6.72. The lowest BCUT2D eigenvalue weighted by Crippen LogP contribution is -2.37. The molecule has 6 heteroatoms. The number of hydrogen-bond acceptors (Lipinski definition) is 4. The van der Waals surface area contributed by atoms with E-state index in [0.717, 1.165) is 61.5 Å². The van der Waals surface area contributed by atoms with Crippen LogP contribution in [-0.4, -0.2) is 32.7 Å². The van der Waals surface area contributed by atoms with Crippen LogP contribution in [0.1, 0.15) is 52.8 Å². The summed E-state index contributed by atoms with van der Waals surface area (Å²) in [6.45, 7) is 19.9. The van der Waals surface area contributed by atoms with Gasteiger partial charge >= 0.3 is 0 Å². The predicted octanol–water partition coefficient (Wildman–Crippen LogP) is 11.3. The van der Waals surface area contributed by atoms with Crippen LogP contribution in [0.5, 0.6) is 5.75 Å². The van der Waals surface area contributed by atoms with Crippen LogP contribution in [0.25, 0.3) is 61.8 Å². The number of nitrogens with zero attached hydrogens (tertiary/aromatic N) is 4. The number of pyridine rings is 2. The van der Waals surface area contributed by atoms with Gasteiger partial charge in [0.2, 0.25) is 0 Å². The number of para-hydroxylation sites is 2. The molecule has 0 saturated carbocycles. The van der Waals surface area contributed by atoms with Crippen LogP contribution in [0.2, 0.25) is 19.6 Å². The average molecular weight is 701 g/mol. The summed E-state index contributed by atoms with van der Waals surface area (Å²) in [5, 5.41) is 13.4. The molecule has 0 unspecified atom stereocenters. The largest absolute Gasteiger partial charge is 0.505 e. The van der Waals surface area contributed by atoms with Crippen molar-refractivity contribution in [2.75, 3.05) is 0 Å². The van der Waals surface area contributed by atoms with E-state index in [2.05, 4.69) is 163 Å². The van der Waals surface area contributed by atoms with Gasteiger partial charge in [0, 0.05) is 39.7 Å². The molecule has 0 radical (unpaired) electrons. The number of aromatic nitrogens is 4. The van der Waals surface area contributed by atoms with Gasteiger partial charge in [-0.25, -0.2) is 9.97 Å². The second kappa shape index (κ2) is 13.0. The molecule has 0 aliphatic carbocycles. The minimum Gasteiger partial charge on any atom is -0.505 e. The second-order valence-electron chi connectivity index (χ2n) is 16.9. The molecule has 0 bridgehead atoms. The zero-order valence-electron chi connectivity index (χ0n) is 31.8. The predicted molar refractivity (Wildman–Crippen MR) is 220 cm³/mol. The quantitative estimate of drug-likeness (QED) is 0.175. The summed E-state index contributed by atoms with van der Waals surface area (Å²) < 4.78 is 2.14. The highest BCUT2D eigenvalue weighted by Crippen LogP contribution is 2.43. The minimum atomic E-state index is -1.50. The number of benzene rings is 4. The van der Waals surface area contributed by atoms with E-state index in [1.165, 1.54) is 5.19 Å². The Balaban J connectivity index is 1.52. The van der Waals surface area contributed by atoms with Gasteiger partial charge < -0.3 is 5.11 Å². The molecular formula is C46H48N4OSi. The Labute approximate surface area is 309 Å². The molecular weight excluding hydrogens is 653 g/mol. The van der Waals surface area contributed by atoms with E-state index < -0.39 is 8.07 Å². The molecule has 0 aliphatic rings. The van der Waals surface area contributed by atoms with Gasteiger partial charge in [0.05, 0.1) is 24.8 Å². The first kappa shape index (κ1) is 35.1. The van der Waals surface area contributed by atoms with Crippen molar-refractivity contribution in [1.82, 2.24) is 19.5 Å². The Kier molecular flexibility index (Phi) is 8.78. The second-order valence-corrected chi connectivity index (χ2v) is 22.0. The van der Waals surface area contributed by atoms with E-state index in [0.29, 0.717) is 11.5 Å². The van der Waals surface area contributed by atoms with Crippen LogP contribution in [0, 0.1) is 0 Å². The summed E-state index contributed by atoms with van der Waals surface area (Å²) in [7, 11) is -1.50. The number of aromatic hydroxyl groups is 1. The van der Waals surface area contributed by atoms with Crippen molar-refractivity contribution in [2.45, 2.75) is 72.0 Å². The zero-order chi connectivity index (χ0) is 37.0. The highest BCUT2D eigenvalue weighted by atomic mass is 28.3. The summed E-state index contributed by atoms with van der Waals surface area (Å²) >= 11 is 0. The van der Waals surface area contributed by atoms with Gasteiger partial charge in [0.15, 0.2) is 5.82 Å². The molecule has 0 fully saturated rings. The molecule has 0 spiro atoms. The van der Waals surface area contributed by atoms with Crippen LogP contribution < -0.4 is 5.19 Å². The number of fused-ring (bicyclic) bond motifs is 1. The van der Waals surface area contributed by atoms with Gasteiger partial charge in [-0.1, -0.05) is 128 Å². The first-order valence-electron chi connectivity index (χ1n) is 18.1. The molecule has 3 aromatic heterocycles. The van der Waals surface area contributed by atoms with Crippen molar-refractivity contribution in [1.29, 1.82) is 0 Å². The average Bonchev–Trinajstić information content (AvgIpc) is 3.50. The lowest BCUT2D eigenvalue weighted by atomic mass is 9.82. The van der Waals surface area contributed by atoms with Crippen molar-refractivity contribution < 1.29 is 5.11 Å². The Morgan fingerprint density at radius 3 is 1.88 bits per heavy atom. The summed E-state index contributed by atoms with van der Waals surface area (Å²) in [4.78, 5) is 15.6. The molecule has 5 nitrogen and oxygen atoms in total. The van der Waals surface area contributed by atoms with Crippen LogP contribution in [0.3, 0.4) is 0 Å². The van der Waals surface area contributed by atoms with E-state index in [-0.39, 0.29) is 16.6 Å². The molecule has 0 saturated heterocycles. The molecule has 52 heavy (non-hydrogen) atoms. The first-order chi connectivity index (χ1) is 24.6. The summed E-state index contributed by atoms with van der Waals surface area (Å²) in [5.41, 5.74) is 10.7. The topological polar surface area (TPSA) is 63.8 Å². The summed E-state index contributed by atoms with van der Waals surface area (Å²) in [5.74, 6) is 0.765. The van der Waals surface area contributed by atoms with Crippen molar-refractivity contribution in [3.63, 3.8) is 0 Å². The highest BCUT2D eigenvalue weighted by Gasteiger charge is 2.30. The van der Waals surface area contributed by atoms with Crippen LogP contribution in [0.4, 0.5) is 0 Å². The Bertz CT molecular complexity index is 2390. The number of rotatable bonds is 6. The van der Waals surface area contributed by atoms with Crippen molar-refractivity contribution >= 4 is 24.3 Å². The Hall–Kier alpha value is -5.33. The molecule has 1 N–H and O–H groups in total.